The van der Waals surface area contributed by atoms with Gasteiger partial charge in [0, 0.05) is 13.1 Å². The van der Waals surface area contributed by atoms with E-state index < -0.39 is 0 Å². The molecule has 1 atom stereocenters. The van der Waals surface area contributed by atoms with Crippen molar-refractivity contribution >= 4 is 11.7 Å². The molecule has 0 saturated carbocycles. The van der Waals surface area contributed by atoms with Crippen LogP contribution in [0.1, 0.15) is 30.5 Å². The second-order valence-electron chi connectivity index (χ2n) is 4.66. The first-order valence-electron chi connectivity index (χ1n) is 6.48. The zero-order chi connectivity index (χ0) is 13.8. The van der Waals surface area contributed by atoms with Gasteiger partial charge in [0.1, 0.15) is 5.82 Å². The highest BCUT2D eigenvalue weighted by atomic mass is 16.2. The molecule has 0 radical (unpaired) electrons. The Bertz CT molecular complexity index is 560. The zero-order valence-corrected chi connectivity index (χ0v) is 11.6. The summed E-state index contributed by atoms with van der Waals surface area (Å²) in [5, 5.41) is 7.17. The molecule has 19 heavy (non-hydrogen) atoms. The Balaban J connectivity index is 2.16. The first-order valence-corrected chi connectivity index (χ1v) is 6.48. The number of aryl methyl sites for hydroxylation is 2. The lowest BCUT2D eigenvalue weighted by atomic mass is 9.96. The van der Waals surface area contributed by atoms with Crippen molar-refractivity contribution < 1.29 is 4.79 Å². The molecule has 0 saturated heterocycles. The molecule has 0 aliphatic rings. The molecule has 0 aliphatic carbocycles. The van der Waals surface area contributed by atoms with Gasteiger partial charge >= 0.3 is 0 Å². The highest BCUT2D eigenvalue weighted by Crippen LogP contribution is 2.21. The summed E-state index contributed by atoms with van der Waals surface area (Å²) in [5.41, 5.74) is 1.94. The highest BCUT2D eigenvalue weighted by Gasteiger charge is 2.19. The molecule has 2 rings (SSSR count). The number of hydrogen-bond donors (Lipinski definition) is 1. The number of rotatable bonds is 4. The summed E-state index contributed by atoms with van der Waals surface area (Å²) in [7, 11) is 1.83. The topological polar surface area (TPSA) is 46.9 Å². The van der Waals surface area contributed by atoms with Crippen molar-refractivity contribution in [2.24, 2.45) is 7.05 Å². The summed E-state index contributed by atoms with van der Waals surface area (Å²) in [4.78, 5) is 12.4. The van der Waals surface area contributed by atoms with Crippen LogP contribution in [0.2, 0.25) is 0 Å². The second kappa shape index (κ2) is 5.69. The Morgan fingerprint density at radius 2 is 2.05 bits per heavy atom. The van der Waals surface area contributed by atoms with Gasteiger partial charge in [0.25, 0.3) is 0 Å². The molecule has 1 unspecified atom stereocenters. The predicted molar refractivity (Wildman–Crippen MR) is 76.0 cm³/mol. The number of nitrogens with one attached hydrogen (secondary N) is 1. The average Bonchev–Trinajstić information content (AvgIpc) is 2.70. The summed E-state index contributed by atoms with van der Waals surface area (Å²) in [6, 6.07) is 11.7. The molecule has 2 aromatic rings. The van der Waals surface area contributed by atoms with E-state index in [0.29, 0.717) is 0 Å². The van der Waals surface area contributed by atoms with Crippen LogP contribution in [0.3, 0.4) is 0 Å². The maximum atomic E-state index is 12.4. The lowest BCUT2D eigenvalue weighted by Gasteiger charge is -2.15. The van der Waals surface area contributed by atoms with E-state index in [0.717, 1.165) is 23.5 Å². The minimum atomic E-state index is -0.128. The van der Waals surface area contributed by atoms with E-state index in [2.05, 4.69) is 10.4 Å². The van der Waals surface area contributed by atoms with Gasteiger partial charge in [-0.05, 0) is 18.9 Å². The third kappa shape index (κ3) is 3.02. The van der Waals surface area contributed by atoms with Crippen LogP contribution in [-0.4, -0.2) is 15.7 Å². The Kier molecular flexibility index (Phi) is 4.00. The molecule has 1 aromatic heterocycles. The van der Waals surface area contributed by atoms with Gasteiger partial charge in [-0.25, -0.2) is 0 Å². The molecule has 0 spiro atoms. The van der Waals surface area contributed by atoms with E-state index in [1.807, 2.05) is 57.3 Å². The quantitative estimate of drug-likeness (QED) is 0.915. The summed E-state index contributed by atoms with van der Waals surface area (Å²) < 4.78 is 1.69. The normalized spacial score (nSPS) is 12.2. The van der Waals surface area contributed by atoms with Crippen molar-refractivity contribution in [2.45, 2.75) is 26.2 Å². The zero-order valence-electron chi connectivity index (χ0n) is 11.6. The van der Waals surface area contributed by atoms with Gasteiger partial charge in [0.05, 0.1) is 11.6 Å². The molecule has 0 bridgehead atoms. The molecule has 1 N–H and O–H groups in total. The largest absolute Gasteiger partial charge is 0.310 e. The van der Waals surface area contributed by atoms with Gasteiger partial charge in [-0.1, -0.05) is 37.3 Å². The molecule has 0 aliphatic heterocycles. The highest BCUT2D eigenvalue weighted by molar-refractivity contribution is 5.95. The number of carbonyl (C=O) groups excluding carboxylic acids is 1. The predicted octanol–water partition coefficient (Wildman–Crippen LogP) is 2.86. The van der Waals surface area contributed by atoms with Crippen LogP contribution >= 0.6 is 0 Å². The summed E-state index contributed by atoms with van der Waals surface area (Å²) in [5.74, 6) is 0.616. The van der Waals surface area contributed by atoms with Crippen LogP contribution in [0.15, 0.2) is 36.4 Å². The van der Waals surface area contributed by atoms with E-state index in [1.165, 1.54) is 0 Å². The molecular formula is C15H19N3O. The van der Waals surface area contributed by atoms with Crippen molar-refractivity contribution in [3.05, 3.63) is 47.7 Å². The third-order valence-electron chi connectivity index (χ3n) is 3.18. The number of aromatic nitrogens is 2. The van der Waals surface area contributed by atoms with Crippen LogP contribution in [0.4, 0.5) is 5.82 Å². The van der Waals surface area contributed by atoms with E-state index in [9.17, 15) is 4.79 Å². The van der Waals surface area contributed by atoms with Gasteiger partial charge < -0.3 is 5.32 Å². The van der Waals surface area contributed by atoms with Crippen LogP contribution in [0.25, 0.3) is 0 Å². The third-order valence-corrected chi connectivity index (χ3v) is 3.18. The number of hydrogen-bond acceptors (Lipinski definition) is 2. The second-order valence-corrected chi connectivity index (χ2v) is 4.66. The maximum absolute atomic E-state index is 12.4. The standard InChI is InChI=1S/C15H19N3O/c1-4-13(12-8-6-5-7-9-12)15(19)16-14-10-11(2)17-18(14)3/h5-10,13H,4H2,1-3H3,(H,16,19). The van der Waals surface area contributed by atoms with E-state index in [1.54, 1.807) is 4.68 Å². The van der Waals surface area contributed by atoms with Gasteiger partial charge in [-0.2, -0.15) is 5.10 Å². The minimum Gasteiger partial charge on any atom is -0.310 e. The smallest absolute Gasteiger partial charge is 0.233 e. The minimum absolute atomic E-state index is 0.0108. The fourth-order valence-corrected chi connectivity index (χ4v) is 2.20. The molecule has 1 heterocycles. The van der Waals surface area contributed by atoms with Crippen molar-refractivity contribution in [1.29, 1.82) is 0 Å². The van der Waals surface area contributed by atoms with Crippen molar-refractivity contribution in [3.8, 4) is 0 Å². The van der Waals surface area contributed by atoms with Gasteiger partial charge in [-0.3, -0.25) is 9.48 Å². The van der Waals surface area contributed by atoms with Gasteiger partial charge in [0.15, 0.2) is 0 Å². The first kappa shape index (κ1) is 13.3. The first-order chi connectivity index (χ1) is 9.11. The fourth-order valence-electron chi connectivity index (χ4n) is 2.20. The van der Waals surface area contributed by atoms with Crippen molar-refractivity contribution in [1.82, 2.24) is 9.78 Å². The van der Waals surface area contributed by atoms with Crippen LogP contribution < -0.4 is 5.32 Å². The van der Waals surface area contributed by atoms with Crippen molar-refractivity contribution in [3.63, 3.8) is 0 Å². The lowest BCUT2D eigenvalue weighted by Crippen LogP contribution is -2.22. The van der Waals surface area contributed by atoms with Crippen molar-refractivity contribution in [2.75, 3.05) is 5.32 Å². The van der Waals surface area contributed by atoms with Gasteiger partial charge in [-0.15, -0.1) is 0 Å². The summed E-state index contributed by atoms with van der Waals surface area (Å²) >= 11 is 0. The van der Waals surface area contributed by atoms with E-state index in [4.69, 9.17) is 0 Å². The van der Waals surface area contributed by atoms with Crippen LogP contribution in [-0.2, 0) is 11.8 Å². The molecule has 100 valence electrons. The molecular weight excluding hydrogens is 238 g/mol. The molecule has 4 heteroatoms. The Morgan fingerprint density at radius 1 is 1.37 bits per heavy atom. The SMILES string of the molecule is CCC(C(=O)Nc1cc(C)nn1C)c1ccccc1. The fraction of sp³-hybridized carbons (Fsp3) is 0.333. The van der Waals surface area contributed by atoms with Crippen LogP contribution in [0.5, 0.6) is 0 Å². The Labute approximate surface area is 113 Å². The Morgan fingerprint density at radius 3 is 2.58 bits per heavy atom. The molecule has 1 aromatic carbocycles. The number of carbonyl (C=O) groups is 1. The van der Waals surface area contributed by atoms with E-state index >= 15 is 0 Å². The number of benzene rings is 1. The number of nitrogens with zero attached hydrogens (tertiary/aromatic N) is 2. The lowest BCUT2D eigenvalue weighted by molar-refractivity contribution is -0.117. The molecule has 4 nitrogen and oxygen atoms in total. The summed E-state index contributed by atoms with van der Waals surface area (Å²) in [6.07, 6.45) is 0.771. The summed E-state index contributed by atoms with van der Waals surface area (Å²) in [6.45, 7) is 3.93. The average molecular weight is 257 g/mol. The monoisotopic (exact) mass is 257 g/mol. The van der Waals surface area contributed by atoms with Gasteiger partial charge in [0.2, 0.25) is 5.91 Å². The number of amides is 1. The van der Waals surface area contributed by atoms with E-state index in [-0.39, 0.29) is 11.8 Å². The molecule has 1 amide bonds. The maximum Gasteiger partial charge on any atom is 0.233 e. The number of anilines is 1. The van der Waals surface area contributed by atoms with Crippen LogP contribution in [0, 0.1) is 6.92 Å². The molecule has 0 fully saturated rings. The Hall–Kier alpha value is -2.10.